The minimum Gasteiger partial charge on any atom is -0.489 e. The first-order valence-electron chi connectivity index (χ1n) is 9.04. The lowest BCUT2D eigenvalue weighted by Gasteiger charge is -2.11. The second-order valence-electron chi connectivity index (χ2n) is 6.77. The molecule has 0 aliphatic heterocycles. The molecule has 0 saturated heterocycles. The van der Waals surface area contributed by atoms with E-state index in [9.17, 15) is 4.79 Å². The molecule has 0 spiro atoms. The number of aromatic nitrogens is 1. The molecule has 3 aromatic rings. The van der Waals surface area contributed by atoms with E-state index < -0.39 is 5.97 Å². The van der Waals surface area contributed by atoms with Crippen LogP contribution in [-0.4, -0.2) is 16.2 Å². The average molecular weight is 467 g/mol. The number of halogens is 3. The molecule has 0 fully saturated rings. The molecule has 0 aliphatic rings. The summed E-state index contributed by atoms with van der Waals surface area (Å²) >= 11 is 19.0. The highest BCUT2D eigenvalue weighted by Gasteiger charge is 2.23. The molecule has 156 valence electrons. The third-order valence-electron chi connectivity index (χ3n) is 4.30. The van der Waals surface area contributed by atoms with Crippen LogP contribution < -0.4 is 4.74 Å². The van der Waals surface area contributed by atoms with Crippen LogP contribution in [0.2, 0.25) is 15.1 Å². The molecule has 1 aromatic heterocycles. The summed E-state index contributed by atoms with van der Waals surface area (Å²) in [6, 6.07) is 10.2. The van der Waals surface area contributed by atoms with E-state index in [1.54, 1.807) is 36.4 Å². The van der Waals surface area contributed by atoms with Crippen LogP contribution in [0, 0.1) is 0 Å². The molecule has 0 aliphatic carbocycles. The zero-order chi connectivity index (χ0) is 21.8. The summed E-state index contributed by atoms with van der Waals surface area (Å²) in [4.78, 5) is 10.7. The van der Waals surface area contributed by atoms with Crippen molar-refractivity contribution in [3.05, 3.63) is 74.4 Å². The first-order chi connectivity index (χ1) is 14.3. The zero-order valence-corrected chi connectivity index (χ0v) is 18.4. The van der Waals surface area contributed by atoms with Crippen LogP contribution in [-0.2, 0) is 11.4 Å². The molecule has 0 bridgehead atoms. The highest BCUT2D eigenvalue weighted by Crippen LogP contribution is 2.39. The summed E-state index contributed by atoms with van der Waals surface area (Å²) in [7, 11) is 0. The standard InChI is InChI=1S/C22H18Cl3NO4/c1-12(2)22-15(21(26-30-22)20-16(23)4-3-5-17(20)24)11-29-14-8-6-13(18(25)10-14)7-9-19(27)28/h3-10,12H,11H2,1-2H3,(H,27,28)/b9-7+. The van der Waals surface area contributed by atoms with Gasteiger partial charge in [0.25, 0.3) is 0 Å². The Morgan fingerprint density at radius 1 is 1.17 bits per heavy atom. The van der Waals surface area contributed by atoms with Crippen LogP contribution in [0.25, 0.3) is 17.3 Å². The van der Waals surface area contributed by atoms with Gasteiger partial charge in [0.1, 0.15) is 23.8 Å². The van der Waals surface area contributed by atoms with Crippen molar-refractivity contribution >= 4 is 46.8 Å². The van der Waals surface area contributed by atoms with Crippen molar-refractivity contribution in [2.24, 2.45) is 0 Å². The van der Waals surface area contributed by atoms with Crippen LogP contribution in [0.3, 0.4) is 0 Å². The second kappa shape index (κ2) is 9.56. The third kappa shape index (κ3) is 4.98. The fourth-order valence-electron chi connectivity index (χ4n) is 2.89. The molecule has 5 nitrogen and oxygen atoms in total. The van der Waals surface area contributed by atoms with Gasteiger partial charge in [-0.05, 0) is 42.0 Å². The Balaban J connectivity index is 1.91. The molecule has 1 N–H and O–H groups in total. The number of rotatable bonds is 7. The van der Waals surface area contributed by atoms with Crippen LogP contribution in [0.5, 0.6) is 5.75 Å². The van der Waals surface area contributed by atoms with Crippen molar-refractivity contribution in [3.8, 4) is 17.0 Å². The van der Waals surface area contributed by atoms with E-state index in [0.717, 1.165) is 11.6 Å². The van der Waals surface area contributed by atoms with E-state index in [4.69, 9.17) is 49.2 Å². The fourth-order valence-corrected chi connectivity index (χ4v) is 3.69. The average Bonchev–Trinajstić information content (AvgIpc) is 3.09. The Morgan fingerprint density at radius 2 is 1.87 bits per heavy atom. The number of hydrogen-bond acceptors (Lipinski definition) is 4. The molecule has 0 unspecified atom stereocenters. The fraction of sp³-hybridized carbons (Fsp3) is 0.182. The van der Waals surface area contributed by atoms with E-state index in [2.05, 4.69) is 5.16 Å². The first-order valence-corrected chi connectivity index (χ1v) is 10.2. The van der Waals surface area contributed by atoms with Crippen molar-refractivity contribution in [1.29, 1.82) is 0 Å². The van der Waals surface area contributed by atoms with Gasteiger partial charge in [0, 0.05) is 17.6 Å². The number of carboxylic acid groups (broad SMARTS) is 1. The summed E-state index contributed by atoms with van der Waals surface area (Å²) in [5.74, 6) is 0.205. The quantitative estimate of drug-likeness (QED) is 0.376. The molecule has 2 aromatic carbocycles. The van der Waals surface area contributed by atoms with Gasteiger partial charge in [-0.15, -0.1) is 0 Å². The predicted molar refractivity (Wildman–Crippen MR) is 119 cm³/mol. The maximum absolute atomic E-state index is 10.7. The molecule has 1 heterocycles. The Labute approximate surface area is 188 Å². The normalized spacial score (nSPS) is 11.4. The lowest BCUT2D eigenvalue weighted by molar-refractivity contribution is -0.131. The molecular formula is C22H18Cl3NO4. The van der Waals surface area contributed by atoms with Gasteiger partial charge in [-0.3, -0.25) is 0 Å². The van der Waals surface area contributed by atoms with Gasteiger partial charge in [-0.1, -0.05) is 59.9 Å². The molecule has 0 radical (unpaired) electrons. The van der Waals surface area contributed by atoms with Gasteiger partial charge in [-0.25, -0.2) is 4.79 Å². The largest absolute Gasteiger partial charge is 0.489 e. The topological polar surface area (TPSA) is 72.6 Å². The summed E-state index contributed by atoms with van der Waals surface area (Å²) in [6.07, 6.45) is 2.44. The van der Waals surface area contributed by atoms with Crippen LogP contribution in [0.4, 0.5) is 0 Å². The molecule has 0 atom stereocenters. The number of carboxylic acids is 1. The van der Waals surface area contributed by atoms with Gasteiger partial charge in [0.15, 0.2) is 0 Å². The summed E-state index contributed by atoms with van der Waals surface area (Å²) < 4.78 is 11.5. The van der Waals surface area contributed by atoms with E-state index >= 15 is 0 Å². The van der Waals surface area contributed by atoms with Crippen molar-refractivity contribution in [2.45, 2.75) is 26.4 Å². The molecule has 0 amide bonds. The molecule has 0 saturated carbocycles. The van der Waals surface area contributed by atoms with Crippen molar-refractivity contribution in [1.82, 2.24) is 5.16 Å². The third-order valence-corrected chi connectivity index (χ3v) is 5.26. The summed E-state index contributed by atoms with van der Waals surface area (Å²) in [5.41, 5.74) is 2.43. The zero-order valence-electron chi connectivity index (χ0n) is 16.2. The highest BCUT2D eigenvalue weighted by atomic mass is 35.5. The monoisotopic (exact) mass is 465 g/mol. The number of aliphatic carboxylic acids is 1. The number of carbonyl (C=O) groups is 1. The molecule has 3 rings (SSSR count). The number of nitrogens with zero attached hydrogens (tertiary/aromatic N) is 1. The van der Waals surface area contributed by atoms with Crippen molar-refractivity contribution in [2.75, 3.05) is 0 Å². The van der Waals surface area contributed by atoms with E-state index in [-0.39, 0.29) is 12.5 Å². The number of hydrogen-bond donors (Lipinski definition) is 1. The number of ether oxygens (including phenoxy) is 1. The minimum atomic E-state index is -1.05. The molecule has 8 heteroatoms. The molecule has 30 heavy (non-hydrogen) atoms. The second-order valence-corrected chi connectivity index (χ2v) is 7.99. The van der Waals surface area contributed by atoms with Crippen LogP contribution >= 0.6 is 34.8 Å². The van der Waals surface area contributed by atoms with E-state index in [0.29, 0.717) is 43.4 Å². The minimum absolute atomic E-state index is 0.0678. The van der Waals surface area contributed by atoms with E-state index in [1.165, 1.54) is 6.08 Å². The Hall–Kier alpha value is -2.47. The lowest BCUT2D eigenvalue weighted by atomic mass is 10.0. The smallest absolute Gasteiger partial charge is 0.328 e. The maximum Gasteiger partial charge on any atom is 0.328 e. The lowest BCUT2D eigenvalue weighted by Crippen LogP contribution is -2.01. The van der Waals surface area contributed by atoms with Crippen LogP contribution in [0.15, 0.2) is 47.0 Å². The molecular weight excluding hydrogens is 449 g/mol. The van der Waals surface area contributed by atoms with Crippen LogP contribution in [0.1, 0.15) is 36.7 Å². The Kier molecular flexibility index (Phi) is 7.08. The SMILES string of the molecule is CC(C)c1onc(-c2c(Cl)cccc2Cl)c1COc1ccc(/C=C/C(=O)O)c(Cl)c1. The highest BCUT2D eigenvalue weighted by molar-refractivity contribution is 6.39. The van der Waals surface area contributed by atoms with Gasteiger partial charge >= 0.3 is 5.97 Å². The van der Waals surface area contributed by atoms with E-state index in [1.807, 2.05) is 13.8 Å². The summed E-state index contributed by atoms with van der Waals surface area (Å²) in [5, 5.41) is 14.2. The first kappa shape index (κ1) is 22.2. The number of benzene rings is 2. The Morgan fingerprint density at radius 3 is 2.47 bits per heavy atom. The van der Waals surface area contributed by atoms with Gasteiger partial charge in [-0.2, -0.15) is 0 Å². The van der Waals surface area contributed by atoms with Gasteiger partial charge in [0.05, 0.1) is 20.6 Å². The predicted octanol–water partition coefficient (Wildman–Crippen LogP) is 7.10. The van der Waals surface area contributed by atoms with Gasteiger partial charge < -0.3 is 14.4 Å². The van der Waals surface area contributed by atoms with Gasteiger partial charge in [0.2, 0.25) is 0 Å². The van der Waals surface area contributed by atoms with Crippen molar-refractivity contribution in [3.63, 3.8) is 0 Å². The van der Waals surface area contributed by atoms with Crippen molar-refractivity contribution < 1.29 is 19.2 Å². The Bertz CT molecular complexity index is 1090. The maximum atomic E-state index is 10.7. The summed E-state index contributed by atoms with van der Waals surface area (Å²) in [6.45, 7) is 4.14.